The standard InChI is InChI=1S/C12H26N2OS/c1-11-10-14(2)6-4-12(11)13-5-9-16-8-3-7-15/h11-13,15H,3-10H2,1-2H3. The van der Waals surface area contributed by atoms with Crippen LogP contribution < -0.4 is 5.32 Å². The zero-order chi connectivity index (χ0) is 11.8. The van der Waals surface area contributed by atoms with Crippen LogP contribution in [0.5, 0.6) is 0 Å². The molecule has 1 rings (SSSR count). The van der Waals surface area contributed by atoms with E-state index in [4.69, 9.17) is 5.11 Å². The summed E-state index contributed by atoms with van der Waals surface area (Å²) in [5.41, 5.74) is 0. The molecule has 0 amide bonds. The quantitative estimate of drug-likeness (QED) is 0.658. The number of nitrogens with one attached hydrogen (secondary N) is 1. The Hall–Kier alpha value is 0.230. The molecule has 0 radical (unpaired) electrons. The molecule has 0 saturated carbocycles. The molecule has 0 aromatic carbocycles. The molecule has 16 heavy (non-hydrogen) atoms. The maximum atomic E-state index is 8.65. The molecule has 2 atom stereocenters. The highest BCUT2D eigenvalue weighted by Crippen LogP contribution is 2.15. The second-order valence-corrected chi connectivity index (χ2v) is 6.00. The van der Waals surface area contributed by atoms with Gasteiger partial charge in [0.25, 0.3) is 0 Å². The van der Waals surface area contributed by atoms with Gasteiger partial charge in [-0.3, -0.25) is 0 Å². The molecule has 0 aromatic heterocycles. The fourth-order valence-corrected chi connectivity index (χ4v) is 3.04. The molecule has 3 nitrogen and oxygen atoms in total. The third-order valence-electron chi connectivity index (χ3n) is 3.21. The van der Waals surface area contributed by atoms with Crippen molar-refractivity contribution in [2.45, 2.75) is 25.8 Å². The van der Waals surface area contributed by atoms with Gasteiger partial charge >= 0.3 is 0 Å². The molecule has 1 aliphatic heterocycles. The maximum absolute atomic E-state index is 8.65. The van der Waals surface area contributed by atoms with Crippen LogP contribution in [0.3, 0.4) is 0 Å². The zero-order valence-electron chi connectivity index (χ0n) is 10.6. The third-order valence-corrected chi connectivity index (χ3v) is 4.28. The summed E-state index contributed by atoms with van der Waals surface area (Å²) >= 11 is 1.94. The molecule has 1 aliphatic rings. The molecule has 96 valence electrons. The van der Waals surface area contributed by atoms with Crippen LogP contribution in [0.4, 0.5) is 0 Å². The Balaban J connectivity index is 2.00. The van der Waals surface area contributed by atoms with E-state index >= 15 is 0 Å². The largest absolute Gasteiger partial charge is 0.396 e. The van der Waals surface area contributed by atoms with Crippen molar-refractivity contribution in [1.29, 1.82) is 0 Å². The molecule has 0 aromatic rings. The van der Waals surface area contributed by atoms with Gasteiger partial charge in [0, 0.05) is 31.5 Å². The molecule has 1 heterocycles. The van der Waals surface area contributed by atoms with Crippen LogP contribution in [-0.4, -0.2) is 60.8 Å². The summed E-state index contributed by atoms with van der Waals surface area (Å²) in [5, 5.41) is 12.3. The van der Waals surface area contributed by atoms with Crippen LogP contribution in [0, 0.1) is 5.92 Å². The maximum Gasteiger partial charge on any atom is 0.0438 e. The first-order chi connectivity index (χ1) is 7.74. The molecule has 0 spiro atoms. The van der Waals surface area contributed by atoms with Crippen molar-refractivity contribution in [2.75, 3.05) is 44.8 Å². The van der Waals surface area contributed by atoms with E-state index in [2.05, 4.69) is 24.2 Å². The van der Waals surface area contributed by atoms with Crippen LogP contribution >= 0.6 is 11.8 Å². The van der Waals surface area contributed by atoms with E-state index in [9.17, 15) is 0 Å². The Kier molecular flexibility index (Phi) is 7.45. The summed E-state index contributed by atoms with van der Waals surface area (Å²) < 4.78 is 0. The molecule has 2 N–H and O–H groups in total. The van der Waals surface area contributed by atoms with Crippen molar-refractivity contribution in [3.63, 3.8) is 0 Å². The Morgan fingerprint density at radius 1 is 1.44 bits per heavy atom. The minimum Gasteiger partial charge on any atom is -0.396 e. The lowest BCUT2D eigenvalue weighted by Gasteiger charge is -2.35. The number of aliphatic hydroxyl groups is 1. The summed E-state index contributed by atoms with van der Waals surface area (Å²) in [6.45, 7) is 6.21. The van der Waals surface area contributed by atoms with Crippen molar-refractivity contribution in [2.24, 2.45) is 5.92 Å². The molecular weight excluding hydrogens is 220 g/mol. The second-order valence-electron chi connectivity index (χ2n) is 4.78. The summed E-state index contributed by atoms with van der Waals surface area (Å²) in [7, 11) is 2.21. The number of aliphatic hydroxyl groups excluding tert-OH is 1. The topological polar surface area (TPSA) is 35.5 Å². The summed E-state index contributed by atoms with van der Waals surface area (Å²) in [5.74, 6) is 3.02. The summed E-state index contributed by atoms with van der Waals surface area (Å²) in [6, 6.07) is 0.703. The first kappa shape index (κ1) is 14.3. The summed E-state index contributed by atoms with van der Waals surface area (Å²) in [6.07, 6.45) is 2.20. The van der Waals surface area contributed by atoms with Gasteiger partial charge in [0.2, 0.25) is 0 Å². The van der Waals surface area contributed by atoms with Crippen molar-refractivity contribution in [3.05, 3.63) is 0 Å². The molecule has 4 heteroatoms. The first-order valence-electron chi connectivity index (χ1n) is 6.34. The average Bonchev–Trinajstić information content (AvgIpc) is 2.26. The molecule has 1 saturated heterocycles. The molecule has 0 bridgehead atoms. The van der Waals surface area contributed by atoms with E-state index < -0.39 is 0 Å². The molecule has 0 aliphatic carbocycles. The van der Waals surface area contributed by atoms with Gasteiger partial charge in [-0.15, -0.1) is 0 Å². The van der Waals surface area contributed by atoms with Crippen LogP contribution in [0.1, 0.15) is 19.8 Å². The van der Waals surface area contributed by atoms with Crippen molar-refractivity contribution in [1.82, 2.24) is 10.2 Å². The van der Waals surface area contributed by atoms with Crippen molar-refractivity contribution in [3.8, 4) is 0 Å². The van der Waals surface area contributed by atoms with E-state index in [0.29, 0.717) is 12.6 Å². The number of likely N-dealkylation sites (tertiary alicyclic amines) is 1. The van der Waals surface area contributed by atoms with E-state index in [-0.39, 0.29) is 0 Å². The lowest BCUT2D eigenvalue weighted by atomic mass is 9.94. The highest BCUT2D eigenvalue weighted by atomic mass is 32.2. The van der Waals surface area contributed by atoms with Gasteiger partial charge in [-0.1, -0.05) is 6.92 Å². The minimum absolute atomic E-state index is 0.326. The molecular formula is C12H26N2OS. The average molecular weight is 246 g/mol. The number of hydrogen-bond donors (Lipinski definition) is 2. The first-order valence-corrected chi connectivity index (χ1v) is 7.50. The van der Waals surface area contributed by atoms with Gasteiger partial charge in [0.1, 0.15) is 0 Å². The Labute approximate surface area is 104 Å². The summed E-state index contributed by atoms with van der Waals surface area (Å²) in [4.78, 5) is 2.42. The van der Waals surface area contributed by atoms with E-state index in [1.807, 2.05) is 11.8 Å². The SMILES string of the molecule is CC1CN(C)CCC1NCCSCCCO. The van der Waals surface area contributed by atoms with Gasteiger partial charge in [-0.25, -0.2) is 0 Å². The predicted molar refractivity (Wildman–Crippen MR) is 72.1 cm³/mol. The second kappa shape index (κ2) is 8.34. The number of thioether (sulfide) groups is 1. The minimum atomic E-state index is 0.326. The zero-order valence-corrected chi connectivity index (χ0v) is 11.4. The highest BCUT2D eigenvalue weighted by Gasteiger charge is 2.22. The number of rotatable bonds is 7. The molecule has 2 unspecified atom stereocenters. The van der Waals surface area contributed by atoms with Gasteiger partial charge in [-0.2, -0.15) is 11.8 Å². The lowest BCUT2D eigenvalue weighted by molar-refractivity contribution is 0.177. The van der Waals surface area contributed by atoms with Crippen molar-refractivity contribution >= 4 is 11.8 Å². The highest BCUT2D eigenvalue weighted by molar-refractivity contribution is 7.99. The smallest absolute Gasteiger partial charge is 0.0438 e. The Morgan fingerprint density at radius 3 is 2.94 bits per heavy atom. The van der Waals surface area contributed by atoms with E-state index in [0.717, 1.165) is 24.6 Å². The fraction of sp³-hybridized carbons (Fsp3) is 1.00. The van der Waals surface area contributed by atoms with Crippen LogP contribution in [0.25, 0.3) is 0 Å². The van der Waals surface area contributed by atoms with Gasteiger partial charge < -0.3 is 15.3 Å². The number of piperidine rings is 1. The van der Waals surface area contributed by atoms with Crippen LogP contribution in [-0.2, 0) is 0 Å². The van der Waals surface area contributed by atoms with Crippen molar-refractivity contribution < 1.29 is 5.11 Å². The van der Waals surface area contributed by atoms with Crippen LogP contribution in [0.15, 0.2) is 0 Å². The lowest BCUT2D eigenvalue weighted by Crippen LogP contribution is -2.47. The molecule has 1 fully saturated rings. The van der Waals surface area contributed by atoms with Gasteiger partial charge in [0.05, 0.1) is 0 Å². The van der Waals surface area contributed by atoms with Gasteiger partial charge in [-0.05, 0) is 38.1 Å². The monoisotopic (exact) mass is 246 g/mol. The number of hydrogen-bond acceptors (Lipinski definition) is 4. The van der Waals surface area contributed by atoms with Gasteiger partial charge in [0.15, 0.2) is 0 Å². The predicted octanol–water partition coefficient (Wildman–Crippen LogP) is 1.03. The fourth-order valence-electron chi connectivity index (χ4n) is 2.24. The Bertz CT molecular complexity index is 180. The Morgan fingerprint density at radius 2 is 2.25 bits per heavy atom. The normalized spacial score (nSPS) is 27.2. The van der Waals surface area contributed by atoms with E-state index in [1.54, 1.807) is 0 Å². The number of nitrogens with zero attached hydrogens (tertiary/aromatic N) is 1. The third kappa shape index (κ3) is 5.53. The van der Waals surface area contributed by atoms with Crippen LogP contribution in [0.2, 0.25) is 0 Å². The van der Waals surface area contributed by atoms with E-state index in [1.165, 1.54) is 25.3 Å².